The fourth-order valence-corrected chi connectivity index (χ4v) is 6.02. The maximum Gasteiger partial charge on any atom is 0.254 e. The van der Waals surface area contributed by atoms with E-state index in [9.17, 15) is 0 Å². The van der Waals surface area contributed by atoms with E-state index in [2.05, 4.69) is 60.0 Å². The second-order valence-corrected chi connectivity index (χ2v) is 10.7. The number of thiazole rings is 1. The van der Waals surface area contributed by atoms with Crippen LogP contribution in [0.4, 0.5) is 10.9 Å². The number of aromatic nitrogens is 5. The predicted molar refractivity (Wildman–Crippen MR) is 144 cm³/mol. The average Bonchev–Trinajstić information content (AvgIpc) is 3.57. The highest BCUT2D eigenvalue weighted by Gasteiger charge is 2.26. The molecule has 5 heterocycles. The molecule has 10 heteroatoms. The van der Waals surface area contributed by atoms with Crippen molar-refractivity contribution in [1.29, 1.82) is 0 Å². The smallest absolute Gasteiger partial charge is 0.254 e. The highest BCUT2D eigenvalue weighted by Crippen LogP contribution is 2.36. The zero-order valence-electron chi connectivity index (χ0n) is 21.1. The van der Waals surface area contributed by atoms with Crippen molar-refractivity contribution in [3.05, 3.63) is 42.1 Å². The van der Waals surface area contributed by atoms with Crippen molar-refractivity contribution in [2.24, 2.45) is 0 Å². The summed E-state index contributed by atoms with van der Waals surface area (Å²) in [6.07, 6.45) is 4.22. The number of hydrogen-bond donors (Lipinski definition) is 0. The number of rotatable bonds is 5. The molecule has 0 radical (unpaired) electrons. The van der Waals surface area contributed by atoms with Crippen LogP contribution < -0.4 is 9.80 Å². The number of nitrogens with zero attached hydrogens (tertiary/aromatic N) is 8. The molecule has 0 spiro atoms. The average molecular weight is 505 g/mol. The van der Waals surface area contributed by atoms with Crippen LogP contribution in [-0.4, -0.2) is 89.2 Å². The van der Waals surface area contributed by atoms with E-state index < -0.39 is 0 Å². The Hall–Kier alpha value is -3.08. The van der Waals surface area contributed by atoms with E-state index in [1.807, 2.05) is 12.3 Å². The van der Waals surface area contributed by atoms with Gasteiger partial charge in [0, 0.05) is 37.9 Å². The van der Waals surface area contributed by atoms with Crippen molar-refractivity contribution in [3.8, 4) is 17.2 Å². The van der Waals surface area contributed by atoms with Gasteiger partial charge < -0.3 is 19.4 Å². The summed E-state index contributed by atoms with van der Waals surface area (Å²) < 4.78 is 8.41. The van der Waals surface area contributed by atoms with Crippen LogP contribution in [0, 0.1) is 6.92 Å². The van der Waals surface area contributed by atoms with Crippen LogP contribution in [0.15, 0.2) is 36.5 Å². The zero-order chi connectivity index (χ0) is 24.6. The molecule has 2 aliphatic heterocycles. The Labute approximate surface area is 215 Å². The van der Waals surface area contributed by atoms with Crippen LogP contribution in [0.3, 0.4) is 0 Å². The summed E-state index contributed by atoms with van der Waals surface area (Å²) in [6, 6.07) is 10.9. The van der Waals surface area contributed by atoms with Gasteiger partial charge in [-0.2, -0.15) is 20.1 Å². The highest BCUT2D eigenvalue weighted by molar-refractivity contribution is 7.22. The Kier molecular flexibility index (Phi) is 6.32. The first-order valence-corrected chi connectivity index (χ1v) is 13.4. The Morgan fingerprint density at radius 2 is 1.83 bits per heavy atom. The van der Waals surface area contributed by atoms with Gasteiger partial charge in [0.2, 0.25) is 0 Å². The SMILES string of the molecule is Cc1cccc(-c2ccn(-c3nc(N4CCOCC4)c4sc(N(C)C5CCN(C)CC5)nc4n3)n2)c1. The monoisotopic (exact) mass is 504 g/mol. The van der Waals surface area contributed by atoms with Crippen LogP contribution in [0.25, 0.3) is 27.6 Å². The first kappa shape index (κ1) is 23.3. The molecule has 2 saturated heterocycles. The molecule has 188 valence electrons. The minimum atomic E-state index is 0.490. The predicted octanol–water partition coefficient (Wildman–Crippen LogP) is 3.61. The summed E-state index contributed by atoms with van der Waals surface area (Å²) in [6.45, 7) is 7.32. The number of fused-ring (bicyclic) bond motifs is 1. The van der Waals surface area contributed by atoms with Crippen molar-refractivity contribution in [1.82, 2.24) is 29.6 Å². The highest BCUT2D eigenvalue weighted by atomic mass is 32.1. The summed E-state index contributed by atoms with van der Waals surface area (Å²) >= 11 is 1.69. The van der Waals surface area contributed by atoms with Gasteiger partial charge in [0.05, 0.1) is 18.9 Å². The number of morpholine rings is 1. The fourth-order valence-electron chi connectivity index (χ4n) is 4.96. The minimum absolute atomic E-state index is 0.490. The Balaban J connectivity index is 1.39. The number of likely N-dealkylation sites (tertiary alicyclic amines) is 1. The number of benzene rings is 1. The largest absolute Gasteiger partial charge is 0.378 e. The molecular weight excluding hydrogens is 472 g/mol. The minimum Gasteiger partial charge on any atom is -0.378 e. The zero-order valence-corrected chi connectivity index (χ0v) is 21.9. The Bertz CT molecular complexity index is 1350. The molecule has 0 aliphatic carbocycles. The lowest BCUT2D eigenvalue weighted by atomic mass is 10.0. The topological polar surface area (TPSA) is 75.4 Å². The molecule has 0 bridgehead atoms. The molecule has 2 aliphatic rings. The normalized spacial score (nSPS) is 17.7. The third kappa shape index (κ3) is 4.56. The van der Waals surface area contributed by atoms with Crippen LogP contribution in [-0.2, 0) is 4.74 Å². The summed E-state index contributed by atoms with van der Waals surface area (Å²) in [5.41, 5.74) is 3.92. The molecule has 1 aromatic carbocycles. The van der Waals surface area contributed by atoms with Gasteiger partial charge in [0.25, 0.3) is 5.95 Å². The van der Waals surface area contributed by atoms with Gasteiger partial charge in [0.1, 0.15) is 4.70 Å². The number of aryl methyl sites for hydroxylation is 1. The van der Waals surface area contributed by atoms with Gasteiger partial charge in [-0.15, -0.1) is 0 Å². The fraction of sp³-hybridized carbons (Fsp3) is 0.462. The molecule has 4 aromatic rings. The number of ether oxygens (including phenoxy) is 1. The molecule has 6 rings (SSSR count). The third-order valence-electron chi connectivity index (χ3n) is 7.17. The molecule has 36 heavy (non-hydrogen) atoms. The molecule has 0 N–H and O–H groups in total. The second kappa shape index (κ2) is 9.76. The summed E-state index contributed by atoms with van der Waals surface area (Å²) in [5, 5.41) is 5.82. The van der Waals surface area contributed by atoms with Crippen molar-refractivity contribution >= 4 is 32.6 Å². The van der Waals surface area contributed by atoms with Gasteiger partial charge in [-0.05, 0) is 52.0 Å². The van der Waals surface area contributed by atoms with Gasteiger partial charge in [0.15, 0.2) is 16.6 Å². The Morgan fingerprint density at radius 1 is 1.03 bits per heavy atom. The van der Waals surface area contributed by atoms with Crippen LogP contribution in [0.2, 0.25) is 0 Å². The molecule has 9 nitrogen and oxygen atoms in total. The van der Waals surface area contributed by atoms with E-state index in [0.717, 1.165) is 71.6 Å². The summed E-state index contributed by atoms with van der Waals surface area (Å²) in [7, 11) is 4.36. The lowest BCUT2D eigenvalue weighted by molar-refractivity contribution is 0.122. The van der Waals surface area contributed by atoms with E-state index in [-0.39, 0.29) is 0 Å². The number of piperidine rings is 1. The first-order chi connectivity index (χ1) is 17.5. The van der Waals surface area contributed by atoms with Crippen LogP contribution >= 0.6 is 11.3 Å². The summed E-state index contributed by atoms with van der Waals surface area (Å²) in [4.78, 5) is 21.9. The van der Waals surface area contributed by atoms with E-state index in [4.69, 9.17) is 24.8 Å². The van der Waals surface area contributed by atoms with Gasteiger partial charge in [-0.25, -0.2) is 4.68 Å². The summed E-state index contributed by atoms with van der Waals surface area (Å²) in [5.74, 6) is 1.47. The van der Waals surface area contributed by atoms with E-state index >= 15 is 0 Å². The van der Waals surface area contributed by atoms with Crippen molar-refractivity contribution in [2.75, 3.05) is 63.3 Å². The van der Waals surface area contributed by atoms with Crippen molar-refractivity contribution < 1.29 is 4.74 Å². The van der Waals surface area contributed by atoms with Crippen LogP contribution in [0.1, 0.15) is 18.4 Å². The van der Waals surface area contributed by atoms with Crippen LogP contribution in [0.5, 0.6) is 0 Å². The quantitative estimate of drug-likeness (QED) is 0.408. The van der Waals surface area contributed by atoms with E-state index in [1.165, 1.54) is 5.56 Å². The van der Waals surface area contributed by atoms with Crippen molar-refractivity contribution in [2.45, 2.75) is 25.8 Å². The molecule has 0 atom stereocenters. The maximum absolute atomic E-state index is 5.61. The van der Waals surface area contributed by atoms with E-state index in [0.29, 0.717) is 25.2 Å². The standard InChI is InChI=1S/C26H32N8OS/c1-18-5-4-6-19(17-18)21-9-12-34(30-21)25-27-23-22(24(29-25)33-13-15-35-16-14-33)36-26(28-23)32(3)20-7-10-31(2)11-8-20/h4-6,9,12,17,20H,7-8,10-11,13-16H2,1-3H3. The lowest BCUT2D eigenvalue weighted by Gasteiger charge is -2.34. The van der Waals surface area contributed by atoms with Gasteiger partial charge in [-0.1, -0.05) is 35.1 Å². The third-order valence-corrected chi connectivity index (χ3v) is 8.30. The van der Waals surface area contributed by atoms with Gasteiger partial charge in [-0.3, -0.25) is 0 Å². The molecule has 0 unspecified atom stereocenters. The second-order valence-electron chi connectivity index (χ2n) is 9.76. The number of hydrogen-bond acceptors (Lipinski definition) is 9. The molecular formula is C26H32N8OS. The first-order valence-electron chi connectivity index (χ1n) is 12.6. The molecule has 0 saturated carbocycles. The maximum atomic E-state index is 5.61. The molecule has 3 aromatic heterocycles. The number of anilines is 2. The molecule has 0 amide bonds. The van der Waals surface area contributed by atoms with E-state index in [1.54, 1.807) is 16.0 Å². The Morgan fingerprint density at radius 3 is 2.61 bits per heavy atom. The van der Waals surface area contributed by atoms with Crippen molar-refractivity contribution in [3.63, 3.8) is 0 Å². The molecule has 2 fully saturated rings. The lowest BCUT2D eigenvalue weighted by Crippen LogP contribution is -2.41. The van der Waals surface area contributed by atoms with Gasteiger partial charge >= 0.3 is 0 Å².